The van der Waals surface area contributed by atoms with Crippen molar-refractivity contribution >= 4 is 21.9 Å². The van der Waals surface area contributed by atoms with Gasteiger partial charge in [0.05, 0.1) is 5.56 Å². The molecule has 4 heteroatoms. The molecule has 0 radical (unpaired) electrons. The summed E-state index contributed by atoms with van der Waals surface area (Å²) in [5.41, 5.74) is -0.209. The maximum absolute atomic E-state index is 11.0. The number of carboxylic acid groups (broad SMARTS) is 1. The molecular formula is C7H4BrO3-. The second kappa shape index (κ2) is 2.92. The van der Waals surface area contributed by atoms with Gasteiger partial charge < -0.3 is 10.2 Å². The second-order valence-electron chi connectivity index (χ2n) is 1.92. The number of para-hydroxylation sites is 1. The predicted octanol–water partition coefficient (Wildman–Crippen LogP) is 1.22. The molecule has 0 saturated heterocycles. The van der Waals surface area contributed by atoms with Crippen LogP contribution in [0.15, 0.2) is 22.7 Å². The first-order valence-corrected chi connectivity index (χ1v) is 3.61. The van der Waals surface area contributed by atoms with Gasteiger partial charge in [0.1, 0.15) is 0 Å². The van der Waals surface area contributed by atoms with Crippen molar-refractivity contribution in [2.24, 2.45) is 0 Å². The third-order valence-electron chi connectivity index (χ3n) is 1.20. The lowest BCUT2D eigenvalue weighted by Crippen LogP contribution is -2.03. The Hall–Kier alpha value is -1.03. The fourth-order valence-electron chi connectivity index (χ4n) is 0.677. The molecule has 3 nitrogen and oxygen atoms in total. The van der Waals surface area contributed by atoms with Crippen molar-refractivity contribution in [3.8, 4) is 5.75 Å². The molecule has 0 atom stereocenters. The average Bonchev–Trinajstić information content (AvgIpc) is 1.94. The molecule has 1 aromatic rings. The fraction of sp³-hybridized carbons (Fsp3) is 0. The van der Waals surface area contributed by atoms with E-state index in [1.165, 1.54) is 18.2 Å². The molecule has 0 fully saturated rings. The Morgan fingerprint density at radius 1 is 1.55 bits per heavy atom. The van der Waals surface area contributed by atoms with Gasteiger partial charge in [-0.3, -0.25) is 0 Å². The molecule has 0 heterocycles. The summed E-state index contributed by atoms with van der Waals surface area (Å²) in [6.45, 7) is 0. The minimum absolute atomic E-state index is 0.209. The minimum Gasteiger partial charge on any atom is -0.871 e. The Labute approximate surface area is 71.4 Å². The topological polar surface area (TPSA) is 60.4 Å². The summed E-state index contributed by atoms with van der Waals surface area (Å²) in [6.07, 6.45) is 0. The third-order valence-corrected chi connectivity index (χ3v) is 1.82. The molecule has 0 aliphatic carbocycles. The molecule has 0 unspecified atom stereocenters. The number of carboxylic acids is 1. The summed E-state index contributed by atoms with van der Waals surface area (Å²) in [5, 5.41) is 19.5. The van der Waals surface area contributed by atoms with Crippen LogP contribution in [0.4, 0.5) is 0 Å². The predicted molar refractivity (Wildman–Crippen MR) is 40.5 cm³/mol. The molecule has 0 aliphatic heterocycles. The van der Waals surface area contributed by atoms with Crippen LogP contribution in [-0.4, -0.2) is 11.1 Å². The maximum atomic E-state index is 11.0. The van der Waals surface area contributed by atoms with E-state index in [1.807, 2.05) is 0 Å². The molecule has 0 aromatic heterocycles. The Morgan fingerprint density at radius 2 is 2.18 bits per heavy atom. The highest BCUT2D eigenvalue weighted by Crippen LogP contribution is 2.24. The van der Waals surface area contributed by atoms with Crippen molar-refractivity contribution < 1.29 is 15.0 Å². The van der Waals surface area contributed by atoms with Gasteiger partial charge in [-0.1, -0.05) is 27.7 Å². The number of benzene rings is 1. The largest absolute Gasteiger partial charge is 0.871 e. The van der Waals surface area contributed by atoms with Crippen LogP contribution in [0.3, 0.4) is 0 Å². The lowest BCUT2D eigenvalue weighted by molar-refractivity contribution is -0.270. The Bertz CT molecular complexity index is 296. The first-order valence-electron chi connectivity index (χ1n) is 2.81. The standard InChI is InChI=1S/C7H5BrO3/c8-5-3-1-2-4(6(5)9)7(10)11/h1-3,9H,(H,10,11)/p-1. The molecule has 0 bridgehead atoms. The van der Waals surface area contributed by atoms with Gasteiger partial charge in [0.25, 0.3) is 0 Å². The lowest BCUT2D eigenvalue weighted by Gasteiger charge is -2.10. The van der Waals surface area contributed by atoms with E-state index in [0.717, 1.165) is 0 Å². The van der Waals surface area contributed by atoms with Crippen LogP contribution in [0.25, 0.3) is 0 Å². The smallest absolute Gasteiger partial charge is 0.335 e. The number of rotatable bonds is 1. The van der Waals surface area contributed by atoms with Crippen molar-refractivity contribution in [2.45, 2.75) is 0 Å². The number of carbonyl (C=O) groups is 1. The van der Waals surface area contributed by atoms with E-state index in [0.29, 0.717) is 0 Å². The van der Waals surface area contributed by atoms with Crippen molar-refractivity contribution in [1.29, 1.82) is 0 Å². The van der Waals surface area contributed by atoms with E-state index in [-0.39, 0.29) is 10.0 Å². The third kappa shape index (κ3) is 1.51. The van der Waals surface area contributed by atoms with E-state index < -0.39 is 11.7 Å². The zero-order valence-corrected chi connectivity index (χ0v) is 6.96. The first kappa shape index (κ1) is 8.07. The summed E-state index contributed by atoms with van der Waals surface area (Å²) in [4.78, 5) is 10.4. The summed E-state index contributed by atoms with van der Waals surface area (Å²) < 4.78 is 0.275. The van der Waals surface area contributed by atoms with Crippen LogP contribution in [0.5, 0.6) is 5.75 Å². The Balaban J connectivity index is 3.27. The van der Waals surface area contributed by atoms with Gasteiger partial charge in [-0.15, -0.1) is 0 Å². The second-order valence-corrected chi connectivity index (χ2v) is 2.78. The maximum Gasteiger partial charge on any atom is 0.335 e. The molecule has 11 heavy (non-hydrogen) atoms. The van der Waals surface area contributed by atoms with Gasteiger partial charge in [0.2, 0.25) is 0 Å². The van der Waals surface area contributed by atoms with Crippen molar-refractivity contribution in [3.05, 3.63) is 28.2 Å². The van der Waals surface area contributed by atoms with Gasteiger partial charge in [-0.05, 0) is 12.1 Å². The van der Waals surface area contributed by atoms with Gasteiger partial charge in [-0.2, -0.15) is 0 Å². The highest BCUT2D eigenvalue weighted by molar-refractivity contribution is 9.10. The van der Waals surface area contributed by atoms with Crippen molar-refractivity contribution in [3.63, 3.8) is 0 Å². The van der Waals surface area contributed by atoms with E-state index in [2.05, 4.69) is 15.9 Å². The highest BCUT2D eigenvalue weighted by atomic mass is 79.9. The Morgan fingerprint density at radius 3 is 2.64 bits per heavy atom. The van der Waals surface area contributed by atoms with Crippen LogP contribution in [0.2, 0.25) is 0 Å². The molecule has 1 rings (SSSR count). The summed E-state index contributed by atoms with van der Waals surface area (Å²) in [5.74, 6) is -1.68. The van der Waals surface area contributed by atoms with Crippen molar-refractivity contribution in [2.75, 3.05) is 0 Å². The zero-order valence-electron chi connectivity index (χ0n) is 5.37. The Kier molecular flexibility index (Phi) is 2.14. The van der Waals surface area contributed by atoms with Crippen LogP contribution in [0.1, 0.15) is 10.4 Å². The van der Waals surface area contributed by atoms with Gasteiger partial charge >= 0.3 is 5.97 Å². The van der Waals surface area contributed by atoms with E-state index >= 15 is 0 Å². The minimum atomic E-state index is -1.20. The molecule has 0 aliphatic rings. The van der Waals surface area contributed by atoms with E-state index in [9.17, 15) is 9.90 Å². The number of aromatic carboxylic acids is 1. The molecule has 58 valence electrons. The quantitative estimate of drug-likeness (QED) is 0.767. The van der Waals surface area contributed by atoms with Crippen LogP contribution in [0, 0.1) is 0 Å². The summed E-state index contributed by atoms with van der Waals surface area (Å²) in [6, 6.07) is 4.29. The highest BCUT2D eigenvalue weighted by Gasteiger charge is 2.03. The fourth-order valence-corrected chi connectivity index (χ4v) is 1.04. The average molecular weight is 216 g/mol. The van der Waals surface area contributed by atoms with Gasteiger partial charge in [0, 0.05) is 4.47 Å². The molecule has 1 aromatic carbocycles. The van der Waals surface area contributed by atoms with Crippen LogP contribution < -0.4 is 5.11 Å². The van der Waals surface area contributed by atoms with Crippen molar-refractivity contribution in [1.82, 2.24) is 0 Å². The van der Waals surface area contributed by atoms with Gasteiger partial charge in [-0.25, -0.2) is 4.79 Å². The van der Waals surface area contributed by atoms with Gasteiger partial charge in [0.15, 0.2) is 0 Å². The SMILES string of the molecule is O=C(O)c1cccc(Br)c1[O-]. The monoisotopic (exact) mass is 215 g/mol. The van der Waals surface area contributed by atoms with Crippen LogP contribution >= 0.6 is 15.9 Å². The summed E-state index contributed by atoms with van der Waals surface area (Å²) >= 11 is 2.94. The zero-order chi connectivity index (χ0) is 8.43. The molecule has 0 saturated carbocycles. The number of hydrogen-bond acceptors (Lipinski definition) is 2. The lowest BCUT2D eigenvalue weighted by atomic mass is 10.2. The van der Waals surface area contributed by atoms with Crippen LogP contribution in [-0.2, 0) is 0 Å². The summed E-state index contributed by atoms with van der Waals surface area (Å²) in [7, 11) is 0. The number of halogens is 1. The normalized spacial score (nSPS) is 9.55. The van der Waals surface area contributed by atoms with E-state index in [1.54, 1.807) is 0 Å². The molecule has 1 N–H and O–H groups in total. The molecular weight excluding hydrogens is 212 g/mol. The van der Waals surface area contributed by atoms with E-state index in [4.69, 9.17) is 5.11 Å². The molecule has 0 amide bonds. The first-order chi connectivity index (χ1) is 5.13. The number of hydrogen-bond donors (Lipinski definition) is 1. The molecule has 0 spiro atoms.